The number of hydrogen-bond acceptors (Lipinski definition) is 2. The van der Waals surface area contributed by atoms with Gasteiger partial charge in [-0.1, -0.05) is 74.0 Å². The molecule has 0 radical (unpaired) electrons. The van der Waals surface area contributed by atoms with Gasteiger partial charge in [0, 0.05) is 37.1 Å². The predicted octanol–water partition coefficient (Wildman–Crippen LogP) is 6.31. The lowest BCUT2D eigenvalue weighted by atomic mass is 10.1. The van der Waals surface area contributed by atoms with E-state index in [4.69, 9.17) is 0 Å². The topological polar surface area (TPSA) is 45.6 Å². The average Bonchev–Trinajstić information content (AvgIpc) is 3.36. The highest BCUT2D eigenvalue weighted by atomic mass is 19.1. The summed E-state index contributed by atoms with van der Waals surface area (Å²) in [6, 6.07) is 27.8. The quantitative estimate of drug-likeness (QED) is 0.230. The minimum atomic E-state index is -0.266. The van der Waals surface area contributed by atoms with Crippen molar-refractivity contribution in [2.24, 2.45) is 5.92 Å². The fourth-order valence-electron chi connectivity index (χ4n) is 4.57. The molecule has 3 aromatic carbocycles. The number of aromatic nitrogens is 1. The summed E-state index contributed by atoms with van der Waals surface area (Å²) in [7, 11) is 0. The van der Waals surface area contributed by atoms with Gasteiger partial charge in [-0.3, -0.25) is 9.59 Å². The first-order chi connectivity index (χ1) is 18.8. The van der Waals surface area contributed by atoms with E-state index in [9.17, 15) is 14.0 Å². The Labute approximate surface area is 230 Å². The summed E-state index contributed by atoms with van der Waals surface area (Å²) in [5, 5.41) is 0. The second kappa shape index (κ2) is 13.1. The lowest BCUT2D eigenvalue weighted by molar-refractivity contribution is -0.133. The van der Waals surface area contributed by atoms with Crippen LogP contribution in [0.15, 0.2) is 97.2 Å². The number of carbonyl (C=O) groups is 2. The number of carbonyl (C=O) groups excluding carboxylic acids is 2. The first-order valence-electron chi connectivity index (χ1n) is 13.3. The van der Waals surface area contributed by atoms with Crippen molar-refractivity contribution in [3.8, 4) is 0 Å². The van der Waals surface area contributed by atoms with Crippen LogP contribution in [0.25, 0.3) is 0 Å². The van der Waals surface area contributed by atoms with E-state index in [0.717, 1.165) is 22.4 Å². The highest BCUT2D eigenvalue weighted by molar-refractivity contribution is 5.96. The van der Waals surface area contributed by atoms with Gasteiger partial charge in [0.15, 0.2) is 0 Å². The van der Waals surface area contributed by atoms with Crippen LogP contribution in [0, 0.1) is 18.7 Å². The van der Waals surface area contributed by atoms with E-state index < -0.39 is 0 Å². The SMILES string of the molecule is Cc1ccc(C(=O)N(CC(=O)N(Cc2ccccc2)Cc2cccn2Cc2ccc(F)cc2)CC(C)C)cc1. The summed E-state index contributed by atoms with van der Waals surface area (Å²) in [4.78, 5) is 30.7. The molecule has 0 aliphatic rings. The van der Waals surface area contributed by atoms with Gasteiger partial charge in [0.2, 0.25) is 5.91 Å². The zero-order valence-electron chi connectivity index (χ0n) is 22.9. The highest BCUT2D eigenvalue weighted by Crippen LogP contribution is 2.16. The third-order valence-corrected chi connectivity index (χ3v) is 6.61. The summed E-state index contributed by atoms with van der Waals surface area (Å²) in [6.07, 6.45) is 1.97. The summed E-state index contributed by atoms with van der Waals surface area (Å²) in [5.74, 6) is -0.314. The molecule has 1 heterocycles. The molecule has 0 saturated heterocycles. The van der Waals surface area contributed by atoms with Gasteiger partial charge in [-0.2, -0.15) is 0 Å². The maximum Gasteiger partial charge on any atom is 0.254 e. The van der Waals surface area contributed by atoms with Crippen LogP contribution in [0.3, 0.4) is 0 Å². The Morgan fingerprint density at radius 2 is 1.49 bits per heavy atom. The lowest BCUT2D eigenvalue weighted by Gasteiger charge is -2.29. The van der Waals surface area contributed by atoms with Crippen molar-refractivity contribution in [2.45, 2.75) is 40.4 Å². The summed E-state index contributed by atoms with van der Waals surface area (Å²) >= 11 is 0. The van der Waals surface area contributed by atoms with Crippen molar-refractivity contribution < 1.29 is 14.0 Å². The zero-order valence-corrected chi connectivity index (χ0v) is 22.9. The normalized spacial score (nSPS) is 11.0. The molecular weight excluding hydrogens is 489 g/mol. The number of aryl methyl sites for hydroxylation is 1. The maximum absolute atomic E-state index is 13.8. The molecule has 0 aliphatic carbocycles. The Morgan fingerprint density at radius 1 is 0.795 bits per heavy atom. The Hall–Kier alpha value is -4.19. The first-order valence-corrected chi connectivity index (χ1v) is 13.3. The van der Waals surface area contributed by atoms with E-state index in [1.807, 2.05) is 98.6 Å². The van der Waals surface area contributed by atoms with Gasteiger partial charge in [0.05, 0.1) is 6.54 Å². The van der Waals surface area contributed by atoms with E-state index in [0.29, 0.717) is 31.7 Å². The van der Waals surface area contributed by atoms with Crippen LogP contribution in [0.2, 0.25) is 0 Å². The van der Waals surface area contributed by atoms with Gasteiger partial charge in [0.1, 0.15) is 12.4 Å². The molecule has 0 fully saturated rings. The molecule has 0 aliphatic heterocycles. The molecule has 6 heteroatoms. The van der Waals surface area contributed by atoms with Crippen LogP contribution in [-0.2, 0) is 24.4 Å². The third-order valence-electron chi connectivity index (χ3n) is 6.61. The molecule has 5 nitrogen and oxygen atoms in total. The smallest absolute Gasteiger partial charge is 0.254 e. The van der Waals surface area contributed by atoms with Gasteiger partial charge < -0.3 is 14.4 Å². The Balaban J connectivity index is 1.56. The lowest BCUT2D eigenvalue weighted by Crippen LogP contribution is -2.44. The largest absolute Gasteiger partial charge is 0.345 e. The fraction of sp³-hybridized carbons (Fsp3) is 0.273. The maximum atomic E-state index is 13.8. The van der Waals surface area contributed by atoms with Crippen molar-refractivity contribution in [1.29, 1.82) is 0 Å². The predicted molar refractivity (Wildman–Crippen MR) is 153 cm³/mol. The highest BCUT2D eigenvalue weighted by Gasteiger charge is 2.24. The summed E-state index contributed by atoms with van der Waals surface area (Å²) in [5.41, 5.74) is 4.61. The molecule has 1 aromatic heterocycles. The van der Waals surface area contributed by atoms with Gasteiger partial charge >= 0.3 is 0 Å². The van der Waals surface area contributed by atoms with E-state index in [1.165, 1.54) is 12.1 Å². The minimum absolute atomic E-state index is 0.00358. The zero-order chi connectivity index (χ0) is 27.8. The van der Waals surface area contributed by atoms with Crippen LogP contribution >= 0.6 is 0 Å². The van der Waals surface area contributed by atoms with Crippen LogP contribution in [0.4, 0.5) is 4.39 Å². The molecule has 39 heavy (non-hydrogen) atoms. The number of benzene rings is 3. The van der Waals surface area contributed by atoms with Crippen molar-refractivity contribution in [3.63, 3.8) is 0 Å². The van der Waals surface area contributed by atoms with Crippen LogP contribution in [0.5, 0.6) is 0 Å². The van der Waals surface area contributed by atoms with Crippen molar-refractivity contribution >= 4 is 11.8 Å². The third kappa shape index (κ3) is 7.90. The number of halogens is 1. The average molecular weight is 526 g/mol. The van der Waals surface area contributed by atoms with Crippen LogP contribution < -0.4 is 0 Å². The molecule has 2 amide bonds. The van der Waals surface area contributed by atoms with Gasteiger partial charge in [-0.15, -0.1) is 0 Å². The number of hydrogen-bond donors (Lipinski definition) is 0. The Morgan fingerprint density at radius 3 is 2.15 bits per heavy atom. The second-order valence-electron chi connectivity index (χ2n) is 10.4. The molecule has 4 rings (SSSR count). The summed E-state index contributed by atoms with van der Waals surface area (Å²) < 4.78 is 15.5. The Kier molecular flexibility index (Phi) is 9.31. The number of nitrogens with zero attached hydrogens (tertiary/aromatic N) is 3. The molecular formula is C33H36FN3O2. The molecule has 0 atom stereocenters. The summed E-state index contributed by atoms with van der Waals surface area (Å²) in [6.45, 7) is 7.94. The molecule has 0 N–H and O–H groups in total. The van der Waals surface area contributed by atoms with Crippen molar-refractivity contribution in [3.05, 3.63) is 131 Å². The first kappa shape index (κ1) is 27.8. The molecule has 4 aromatic rings. The number of rotatable bonds is 11. The standard InChI is InChI=1S/C33H36FN3O2/c1-25(2)20-37(33(39)29-15-11-26(3)12-16-29)24-32(38)36(22-27-8-5-4-6-9-27)23-31-10-7-19-35(31)21-28-13-17-30(34)18-14-28/h4-19,25H,20-24H2,1-3H3. The van der Waals surface area contributed by atoms with E-state index >= 15 is 0 Å². The van der Waals surface area contributed by atoms with E-state index in [-0.39, 0.29) is 30.1 Å². The monoisotopic (exact) mass is 525 g/mol. The van der Waals surface area contributed by atoms with Gasteiger partial charge in [-0.25, -0.2) is 4.39 Å². The molecule has 0 unspecified atom stereocenters. The number of amides is 2. The molecule has 202 valence electrons. The second-order valence-corrected chi connectivity index (χ2v) is 10.4. The van der Waals surface area contributed by atoms with Crippen molar-refractivity contribution in [2.75, 3.05) is 13.1 Å². The minimum Gasteiger partial charge on any atom is -0.345 e. The van der Waals surface area contributed by atoms with Crippen LogP contribution in [0.1, 0.15) is 46.6 Å². The van der Waals surface area contributed by atoms with E-state index in [2.05, 4.69) is 4.57 Å². The molecule has 0 spiro atoms. The van der Waals surface area contributed by atoms with Crippen molar-refractivity contribution in [1.82, 2.24) is 14.4 Å². The van der Waals surface area contributed by atoms with Crippen LogP contribution in [-0.4, -0.2) is 39.3 Å². The Bertz CT molecular complexity index is 1360. The molecule has 0 bridgehead atoms. The molecule has 0 saturated carbocycles. The van der Waals surface area contributed by atoms with Gasteiger partial charge in [0.25, 0.3) is 5.91 Å². The fourth-order valence-corrected chi connectivity index (χ4v) is 4.57. The van der Waals surface area contributed by atoms with Gasteiger partial charge in [-0.05, 0) is 60.4 Å². The van der Waals surface area contributed by atoms with E-state index in [1.54, 1.807) is 17.0 Å².